The number of benzene rings is 2. The summed E-state index contributed by atoms with van der Waals surface area (Å²) in [5.41, 5.74) is 11.5. The zero-order chi connectivity index (χ0) is 24.9. The Morgan fingerprint density at radius 3 is 2.72 bits per heavy atom. The van der Waals surface area contributed by atoms with Gasteiger partial charge >= 0.3 is 0 Å². The van der Waals surface area contributed by atoms with Crippen molar-refractivity contribution in [3.8, 4) is 16.9 Å². The molecular formula is C27H29N5O3S. The average Bonchev–Trinajstić information content (AvgIpc) is 3.23. The third kappa shape index (κ3) is 4.33. The maximum Gasteiger partial charge on any atom is 0.208 e. The number of anilines is 1. The van der Waals surface area contributed by atoms with Crippen LogP contribution in [-0.4, -0.2) is 35.8 Å². The summed E-state index contributed by atoms with van der Waals surface area (Å²) in [5.74, 6) is 1.65. The number of aryl methyl sites for hydroxylation is 1. The van der Waals surface area contributed by atoms with Crippen LogP contribution in [-0.2, 0) is 16.4 Å². The normalized spacial score (nSPS) is 21.5. The molecule has 186 valence electrons. The van der Waals surface area contributed by atoms with Gasteiger partial charge in [-0.3, -0.25) is 0 Å². The highest BCUT2D eigenvalue weighted by Gasteiger charge is 2.33. The zero-order valence-corrected chi connectivity index (χ0v) is 20.9. The number of sulfonamides is 1. The molecule has 4 aromatic rings. The minimum atomic E-state index is -3.18. The predicted molar refractivity (Wildman–Crippen MR) is 140 cm³/mol. The lowest BCUT2D eigenvalue weighted by Gasteiger charge is -2.36. The van der Waals surface area contributed by atoms with Crippen molar-refractivity contribution in [3.63, 3.8) is 0 Å². The molecule has 0 saturated heterocycles. The molecule has 0 amide bonds. The van der Waals surface area contributed by atoms with Crippen molar-refractivity contribution in [1.29, 1.82) is 0 Å². The largest absolute Gasteiger partial charge is 0.485 e. The first-order chi connectivity index (χ1) is 17.4. The summed E-state index contributed by atoms with van der Waals surface area (Å²) in [6.07, 6.45) is 8.51. The maximum absolute atomic E-state index is 11.4. The molecule has 9 heteroatoms. The molecule has 0 bridgehead atoms. The molecule has 1 saturated carbocycles. The number of rotatable bonds is 6. The van der Waals surface area contributed by atoms with Crippen LogP contribution in [0.1, 0.15) is 42.5 Å². The fourth-order valence-corrected chi connectivity index (χ4v) is 5.95. The summed E-state index contributed by atoms with van der Waals surface area (Å²) in [6.45, 7) is 0.462. The SMILES string of the molecule is CS(=O)(=O)NC[C@H]1C[C@@H](n2cc(-c3ccc4c(c3)O[C@@H](c3ccccc3)CC4)c3c(N)ncnc32)C1. The van der Waals surface area contributed by atoms with E-state index in [-0.39, 0.29) is 12.1 Å². The van der Waals surface area contributed by atoms with Gasteiger partial charge < -0.3 is 15.0 Å². The summed E-state index contributed by atoms with van der Waals surface area (Å²) < 4.78 is 34.1. The number of hydrogen-bond acceptors (Lipinski definition) is 6. The number of nitrogens with one attached hydrogen (secondary N) is 1. The molecule has 1 aliphatic carbocycles. The van der Waals surface area contributed by atoms with Crippen LogP contribution in [0.4, 0.5) is 5.82 Å². The molecule has 0 spiro atoms. The zero-order valence-electron chi connectivity index (χ0n) is 20.1. The van der Waals surface area contributed by atoms with Crippen LogP contribution < -0.4 is 15.2 Å². The number of nitrogens with zero attached hydrogens (tertiary/aromatic N) is 3. The van der Waals surface area contributed by atoms with E-state index in [0.717, 1.165) is 53.6 Å². The lowest BCUT2D eigenvalue weighted by Crippen LogP contribution is -2.36. The number of nitrogen functional groups attached to an aromatic ring is 1. The second kappa shape index (κ2) is 8.90. The Kier molecular flexibility index (Phi) is 5.69. The standard InChI is InChI=1S/C27H29N5O3S/c1-36(33,34)31-14-17-11-21(12-17)32-15-22(25-26(28)29-16-30-27(25)32)20-8-7-19-9-10-23(35-24(19)13-20)18-5-3-2-4-6-18/h2-8,13,15-17,21,23,31H,9-12,14H2,1H3,(H2,28,29,30)/t17-,21+,23-/m1/s1. The second-order valence-corrected chi connectivity index (χ2v) is 11.7. The van der Waals surface area contributed by atoms with E-state index < -0.39 is 10.0 Å². The first kappa shape index (κ1) is 23.0. The molecule has 1 fully saturated rings. The van der Waals surface area contributed by atoms with E-state index in [1.165, 1.54) is 23.7 Å². The van der Waals surface area contributed by atoms with Crippen molar-refractivity contribution in [2.45, 2.75) is 37.8 Å². The van der Waals surface area contributed by atoms with Gasteiger partial charge in [0.15, 0.2) is 0 Å². The van der Waals surface area contributed by atoms with Gasteiger partial charge in [0.1, 0.15) is 29.6 Å². The van der Waals surface area contributed by atoms with Crippen LogP contribution in [0, 0.1) is 5.92 Å². The Bertz CT molecular complexity index is 1530. The second-order valence-electron chi connectivity index (χ2n) is 9.90. The van der Waals surface area contributed by atoms with Gasteiger partial charge in [0.25, 0.3) is 0 Å². The fourth-order valence-electron chi connectivity index (χ4n) is 5.41. The van der Waals surface area contributed by atoms with Gasteiger partial charge in [-0.05, 0) is 54.4 Å². The Morgan fingerprint density at radius 2 is 1.94 bits per heavy atom. The number of aromatic nitrogens is 3. The summed E-state index contributed by atoms with van der Waals surface area (Å²) >= 11 is 0. The topological polar surface area (TPSA) is 112 Å². The maximum atomic E-state index is 11.4. The molecule has 2 aromatic carbocycles. The van der Waals surface area contributed by atoms with Crippen molar-refractivity contribution in [1.82, 2.24) is 19.3 Å². The van der Waals surface area contributed by atoms with Gasteiger partial charge in [-0.25, -0.2) is 23.1 Å². The quantitative estimate of drug-likeness (QED) is 0.407. The Labute approximate surface area is 210 Å². The molecule has 1 aliphatic heterocycles. The van der Waals surface area contributed by atoms with Gasteiger partial charge in [0.2, 0.25) is 10.0 Å². The molecule has 2 aromatic heterocycles. The highest BCUT2D eigenvalue weighted by Crippen LogP contribution is 2.44. The van der Waals surface area contributed by atoms with Crippen molar-refractivity contribution >= 4 is 26.9 Å². The highest BCUT2D eigenvalue weighted by molar-refractivity contribution is 7.88. The van der Waals surface area contributed by atoms with Gasteiger partial charge in [-0.15, -0.1) is 0 Å². The Balaban J connectivity index is 1.31. The van der Waals surface area contributed by atoms with Gasteiger partial charge in [0, 0.05) is 24.3 Å². The molecule has 1 atom stereocenters. The van der Waals surface area contributed by atoms with Crippen molar-refractivity contribution in [3.05, 3.63) is 72.2 Å². The van der Waals surface area contributed by atoms with Gasteiger partial charge in [-0.2, -0.15) is 0 Å². The smallest absolute Gasteiger partial charge is 0.208 e. The molecular weight excluding hydrogens is 474 g/mol. The van der Waals surface area contributed by atoms with Crippen molar-refractivity contribution in [2.24, 2.45) is 5.92 Å². The Morgan fingerprint density at radius 1 is 1.14 bits per heavy atom. The summed E-state index contributed by atoms with van der Waals surface area (Å²) in [7, 11) is -3.18. The minimum absolute atomic E-state index is 0.0381. The highest BCUT2D eigenvalue weighted by atomic mass is 32.2. The molecule has 2 aliphatic rings. The van der Waals surface area contributed by atoms with E-state index in [1.54, 1.807) is 0 Å². The van der Waals surface area contributed by atoms with Crippen LogP contribution in [0.15, 0.2) is 61.1 Å². The molecule has 3 heterocycles. The van der Waals surface area contributed by atoms with Crippen molar-refractivity contribution < 1.29 is 13.2 Å². The molecule has 6 rings (SSSR count). The lowest BCUT2D eigenvalue weighted by atomic mass is 9.80. The third-order valence-electron chi connectivity index (χ3n) is 7.37. The first-order valence-corrected chi connectivity index (χ1v) is 14.2. The summed E-state index contributed by atoms with van der Waals surface area (Å²) in [6, 6.07) is 16.9. The van der Waals surface area contributed by atoms with E-state index in [2.05, 4.69) is 55.8 Å². The first-order valence-electron chi connectivity index (χ1n) is 12.3. The number of ether oxygens (including phenoxy) is 1. The Hall–Kier alpha value is -3.43. The molecule has 8 nitrogen and oxygen atoms in total. The van der Waals surface area contributed by atoms with Crippen LogP contribution in [0.3, 0.4) is 0 Å². The van der Waals surface area contributed by atoms with Gasteiger partial charge in [-0.1, -0.05) is 42.5 Å². The minimum Gasteiger partial charge on any atom is -0.485 e. The van der Waals surface area contributed by atoms with Crippen LogP contribution in [0.25, 0.3) is 22.2 Å². The van der Waals surface area contributed by atoms with Crippen LogP contribution >= 0.6 is 0 Å². The number of hydrogen-bond donors (Lipinski definition) is 2. The predicted octanol–water partition coefficient (Wildman–Crippen LogP) is 4.25. The molecule has 36 heavy (non-hydrogen) atoms. The van der Waals surface area contributed by atoms with E-state index in [1.807, 2.05) is 18.2 Å². The fraction of sp³-hybridized carbons (Fsp3) is 0.333. The number of nitrogens with two attached hydrogens (primary N) is 1. The number of fused-ring (bicyclic) bond motifs is 2. The van der Waals surface area contributed by atoms with E-state index in [0.29, 0.717) is 18.3 Å². The monoisotopic (exact) mass is 503 g/mol. The molecule has 0 radical (unpaired) electrons. The average molecular weight is 504 g/mol. The van der Waals surface area contributed by atoms with Crippen LogP contribution in [0.5, 0.6) is 5.75 Å². The van der Waals surface area contributed by atoms with Crippen LogP contribution in [0.2, 0.25) is 0 Å². The van der Waals surface area contributed by atoms with E-state index >= 15 is 0 Å². The van der Waals surface area contributed by atoms with Gasteiger partial charge in [0.05, 0.1) is 11.6 Å². The van der Waals surface area contributed by atoms with E-state index in [4.69, 9.17) is 10.5 Å². The van der Waals surface area contributed by atoms with E-state index in [9.17, 15) is 8.42 Å². The third-order valence-corrected chi connectivity index (χ3v) is 8.06. The van der Waals surface area contributed by atoms with Crippen molar-refractivity contribution in [2.75, 3.05) is 18.5 Å². The summed E-state index contributed by atoms with van der Waals surface area (Å²) in [5, 5.41) is 0.838. The molecule has 3 N–H and O–H groups in total. The molecule has 0 unspecified atom stereocenters. The lowest BCUT2D eigenvalue weighted by molar-refractivity contribution is 0.177. The summed E-state index contributed by atoms with van der Waals surface area (Å²) in [4.78, 5) is 8.84.